The van der Waals surface area contributed by atoms with E-state index in [1.165, 1.54) is 17.4 Å². The molecule has 1 saturated heterocycles. The lowest BCUT2D eigenvalue weighted by atomic mass is 10.1. The third-order valence-corrected chi connectivity index (χ3v) is 8.47. The van der Waals surface area contributed by atoms with Crippen molar-refractivity contribution < 1.29 is 14.2 Å². The molecule has 1 atom stereocenters. The summed E-state index contributed by atoms with van der Waals surface area (Å²) in [6, 6.07) is 13.8. The smallest absolute Gasteiger partial charge is 0.332 e. The van der Waals surface area contributed by atoms with Crippen molar-refractivity contribution in [3.8, 4) is 17.3 Å². The van der Waals surface area contributed by atoms with Crippen LogP contribution >= 0.6 is 0 Å². The number of aryl methyl sites for hydroxylation is 2. The summed E-state index contributed by atoms with van der Waals surface area (Å²) in [5.74, 6) is 1.21. The van der Waals surface area contributed by atoms with Crippen LogP contribution in [-0.4, -0.2) is 49.3 Å². The van der Waals surface area contributed by atoms with Gasteiger partial charge >= 0.3 is 5.69 Å². The highest BCUT2D eigenvalue weighted by atomic mass is 16.7. The van der Waals surface area contributed by atoms with Gasteiger partial charge in [-0.05, 0) is 76.8 Å². The van der Waals surface area contributed by atoms with Crippen LogP contribution in [0.25, 0.3) is 22.6 Å². The van der Waals surface area contributed by atoms with Crippen LogP contribution in [0.4, 0.5) is 0 Å². The van der Waals surface area contributed by atoms with Crippen molar-refractivity contribution in [3.05, 3.63) is 74.6 Å². The molecule has 2 aliphatic rings. The molecule has 0 spiro atoms. The molecule has 0 amide bonds. The van der Waals surface area contributed by atoms with E-state index >= 15 is 0 Å². The van der Waals surface area contributed by atoms with Crippen molar-refractivity contribution in [3.63, 3.8) is 0 Å². The number of imidazole rings is 1. The van der Waals surface area contributed by atoms with Gasteiger partial charge in [0.25, 0.3) is 5.56 Å². The van der Waals surface area contributed by atoms with Gasteiger partial charge in [0.15, 0.2) is 17.5 Å². The molecule has 1 aliphatic heterocycles. The lowest BCUT2D eigenvalue weighted by Crippen LogP contribution is -2.40. The van der Waals surface area contributed by atoms with Gasteiger partial charge in [-0.1, -0.05) is 30.3 Å². The number of hydrogen-bond acceptors (Lipinski definition) is 7. The molecule has 4 aromatic rings. The fourth-order valence-corrected chi connectivity index (χ4v) is 6.20. The Morgan fingerprint density at radius 3 is 2.44 bits per heavy atom. The molecule has 4 heterocycles. The number of nitrogens with zero attached hydrogens (tertiary/aromatic N) is 5. The molecule has 10 heteroatoms. The molecular formula is C33H41N5O5. The summed E-state index contributed by atoms with van der Waals surface area (Å²) in [4.78, 5) is 37.4. The topological polar surface area (TPSA) is 102 Å². The average molecular weight is 588 g/mol. The van der Waals surface area contributed by atoms with E-state index in [4.69, 9.17) is 24.2 Å². The highest BCUT2D eigenvalue weighted by Crippen LogP contribution is 2.29. The van der Waals surface area contributed by atoms with E-state index < -0.39 is 0 Å². The number of pyridine rings is 1. The van der Waals surface area contributed by atoms with Crippen molar-refractivity contribution >= 4 is 11.2 Å². The van der Waals surface area contributed by atoms with Crippen LogP contribution < -0.4 is 16.0 Å². The lowest BCUT2D eigenvalue weighted by Gasteiger charge is -2.22. The van der Waals surface area contributed by atoms with Gasteiger partial charge in [-0.25, -0.2) is 14.8 Å². The van der Waals surface area contributed by atoms with Crippen LogP contribution in [0.1, 0.15) is 69.5 Å². The molecule has 6 rings (SSSR count). The highest BCUT2D eigenvalue weighted by Gasteiger charge is 2.24. The standard InChI is InChI=1S/C33H41N5O5/c1-3-36-31-29(32(39)37(33(36)40)19-11-21-42-28-16-9-10-20-41-28)38(22-24-12-5-4-6-13-24)30(35-31)26-17-18-27(34-23(26)2)43-25-14-7-8-15-25/h4-6,12-13,17-18,25,28H,3,7-11,14-16,19-22H2,1-2H3. The summed E-state index contributed by atoms with van der Waals surface area (Å²) in [6.45, 7) is 6.01. The Balaban J connectivity index is 1.39. The molecular weight excluding hydrogens is 546 g/mol. The zero-order valence-corrected chi connectivity index (χ0v) is 25.2. The number of ether oxygens (including phenoxy) is 3. The molecule has 43 heavy (non-hydrogen) atoms. The molecule has 228 valence electrons. The van der Waals surface area contributed by atoms with Gasteiger partial charge in [-0.2, -0.15) is 0 Å². The van der Waals surface area contributed by atoms with E-state index in [0.717, 1.165) is 48.9 Å². The number of aromatic nitrogens is 5. The summed E-state index contributed by atoms with van der Waals surface area (Å²) in [7, 11) is 0. The minimum atomic E-state index is -0.361. The van der Waals surface area contributed by atoms with Crippen LogP contribution in [0.15, 0.2) is 52.1 Å². The van der Waals surface area contributed by atoms with Crippen LogP contribution in [-0.2, 0) is 29.1 Å². The quantitative estimate of drug-likeness (QED) is 0.226. The van der Waals surface area contributed by atoms with Crippen molar-refractivity contribution in [2.75, 3.05) is 13.2 Å². The van der Waals surface area contributed by atoms with Crippen LogP contribution in [0.2, 0.25) is 0 Å². The Kier molecular flexibility index (Phi) is 9.04. The van der Waals surface area contributed by atoms with Crippen molar-refractivity contribution in [1.82, 2.24) is 23.7 Å². The van der Waals surface area contributed by atoms with Gasteiger partial charge < -0.3 is 18.8 Å². The first-order valence-corrected chi connectivity index (χ1v) is 15.7. The second-order valence-corrected chi connectivity index (χ2v) is 11.5. The summed E-state index contributed by atoms with van der Waals surface area (Å²) in [6.07, 6.45) is 8.01. The van der Waals surface area contributed by atoms with E-state index in [1.54, 1.807) is 4.57 Å². The predicted molar refractivity (Wildman–Crippen MR) is 164 cm³/mol. The van der Waals surface area contributed by atoms with E-state index in [0.29, 0.717) is 55.6 Å². The first-order chi connectivity index (χ1) is 21.0. The first kappa shape index (κ1) is 29.3. The zero-order chi connectivity index (χ0) is 29.8. The SMILES string of the molecule is CCn1c(=O)n(CCCOC2CCCCO2)c(=O)c2c1nc(-c1ccc(OC3CCCC3)nc1C)n2Cc1ccccc1. The average Bonchev–Trinajstić information content (AvgIpc) is 3.66. The van der Waals surface area contributed by atoms with E-state index in [2.05, 4.69) is 0 Å². The Morgan fingerprint density at radius 2 is 1.72 bits per heavy atom. The molecule has 10 nitrogen and oxygen atoms in total. The Bertz CT molecular complexity index is 1660. The third-order valence-electron chi connectivity index (χ3n) is 8.47. The van der Waals surface area contributed by atoms with E-state index in [1.807, 2.05) is 60.9 Å². The van der Waals surface area contributed by atoms with Gasteiger partial charge in [0.2, 0.25) is 5.88 Å². The maximum atomic E-state index is 14.1. The highest BCUT2D eigenvalue weighted by molar-refractivity contribution is 5.78. The Hall–Kier alpha value is -3.76. The van der Waals surface area contributed by atoms with Crippen molar-refractivity contribution in [2.24, 2.45) is 0 Å². The number of hydrogen-bond donors (Lipinski definition) is 0. The second kappa shape index (κ2) is 13.3. The summed E-state index contributed by atoms with van der Waals surface area (Å²) < 4.78 is 22.5. The maximum absolute atomic E-state index is 14.1. The summed E-state index contributed by atoms with van der Waals surface area (Å²) in [5.41, 5.74) is 2.66. The molecule has 0 radical (unpaired) electrons. The summed E-state index contributed by atoms with van der Waals surface area (Å²) in [5, 5.41) is 0. The fraction of sp³-hybridized carbons (Fsp3) is 0.515. The fourth-order valence-electron chi connectivity index (χ4n) is 6.20. The molecule has 1 aliphatic carbocycles. The predicted octanol–water partition coefficient (Wildman–Crippen LogP) is 5.05. The lowest BCUT2D eigenvalue weighted by molar-refractivity contribution is -0.163. The second-order valence-electron chi connectivity index (χ2n) is 11.5. The minimum absolute atomic E-state index is 0.207. The number of rotatable bonds is 11. The van der Waals surface area contributed by atoms with Gasteiger partial charge in [0.05, 0.1) is 12.3 Å². The van der Waals surface area contributed by atoms with E-state index in [-0.39, 0.29) is 30.2 Å². The van der Waals surface area contributed by atoms with Gasteiger partial charge in [0.1, 0.15) is 11.9 Å². The van der Waals surface area contributed by atoms with Crippen LogP contribution in [0.5, 0.6) is 5.88 Å². The maximum Gasteiger partial charge on any atom is 0.332 e. The molecule has 2 fully saturated rings. The largest absolute Gasteiger partial charge is 0.474 e. The van der Waals surface area contributed by atoms with Crippen molar-refractivity contribution in [1.29, 1.82) is 0 Å². The van der Waals surface area contributed by atoms with Gasteiger partial charge in [0, 0.05) is 37.9 Å². The van der Waals surface area contributed by atoms with Crippen molar-refractivity contribution in [2.45, 2.75) is 97.2 Å². The zero-order valence-electron chi connectivity index (χ0n) is 25.2. The molecule has 3 aromatic heterocycles. The normalized spacial score (nSPS) is 17.6. The molecule has 1 saturated carbocycles. The molecule has 1 aromatic carbocycles. The first-order valence-electron chi connectivity index (χ1n) is 15.7. The number of fused-ring (bicyclic) bond motifs is 1. The van der Waals surface area contributed by atoms with E-state index in [9.17, 15) is 9.59 Å². The monoisotopic (exact) mass is 587 g/mol. The van der Waals surface area contributed by atoms with Crippen LogP contribution in [0.3, 0.4) is 0 Å². The van der Waals surface area contributed by atoms with Gasteiger partial charge in [-0.15, -0.1) is 0 Å². The summed E-state index contributed by atoms with van der Waals surface area (Å²) >= 11 is 0. The van der Waals surface area contributed by atoms with Gasteiger partial charge in [-0.3, -0.25) is 13.9 Å². The molecule has 1 unspecified atom stereocenters. The Labute approximate surface area is 251 Å². The molecule has 0 N–H and O–H groups in total. The number of benzene rings is 1. The van der Waals surface area contributed by atoms with Crippen LogP contribution in [0, 0.1) is 6.92 Å². The molecule has 0 bridgehead atoms. The minimum Gasteiger partial charge on any atom is -0.474 e. The Morgan fingerprint density at radius 1 is 0.930 bits per heavy atom. The third kappa shape index (κ3) is 6.31.